The summed E-state index contributed by atoms with van der Waals surface area (Å²) in [6, 6.07) is 0. The summed E-state index contributed by atoms with van der Waals surface area (Å²) < 4.78 is 58.1. The maximum atomic E-state index is 14.1. The van der Waals surface area contributed by atoms with E-state index in [-0.39, 0.29) is 46.9 Å². The molecule has 0 saturated heterocycles. The first-order valence-electron chi connectivity index (χ1n) is 12.8. The number of fused-ring (bicyclic) bond motifs is 5. The van der Waals surface area contributed by atoms with Crippen LogP contribution in [0.5, 0.6) is 0 Å². The zero-order chi connectivity index (χ0) is 27.6. The van der Waals surface area contributed by atoms with Gasteiger partial charge in [-0.3, -0.25) is 14.4 Å². The minimum atomic E-state index is -4.95. The highest BCUT2D eigenvalue weighted by molar-refractivity contribution is 5.70. The van der Waals surface area contributed by atoms with Crippen molar-refractivity contribution in [3.63, 3.8) is 0 Å². The maximum Gasteiger partial charge on any atom is 0.450 e. The van der Waals surface area contributed by atoms with Crippen LogP contribution in [0.1, 0.15) is 80.1 Å². The number of hydrogen-bond donors (Lipinski definition) is 0. The summed E-state index contributed by atoms with van der Waals surface area (Å²) in [5.74, 6) is -3.33. The second-order valence-electron chi connectivity index (χ2n) is 11.7. The van der Waals surface area contributed by atoms with Gasteiger partial charge in [0.05, 0.1) is 0 Å². The third-order valence-electron chi connectivity index (χ3n) is 9.58. The van der Waals surface area contributed by atoms with Crippen molar-refractivity contribution in [3.8, 4) is 0 Å². The Bertz CT molecular complexity index is 1120. The lowest BCUT2D eigenvalue weighted by Crippen LogP contribution is -2.54. The molecule has 4 aliphatic rings. The smallest absolute Gasteiger partial charge is 0.450 e. The molecule has 0 bridgehead atoms. The van der Waals surface area contributed by atoms with Crippen LogP contribution in [0.2, 0.25) is 0 Å². The molecule has 0 aromatic carbocycles. The van der Waals surface area contributed by atoms with Gasteiger partial charge in [-0.05, 0) is 80.3 Å². The predicted molar refractivity (Wildman–Crippen MR) is 127 cm³/mol. The second-order valence-corrected chi connectivity index (χ2v) is 11.7. The zero-order valence-corrected chi connectivity index (χ0v) is 22.2. The summed E-state index contributed by atoms with van der Waals surface area (Å²) in [5.41, 5.74) is -0.980. The monoisotopic (exact) mass is 524 g/mol. The van der Waals surface area contributed by atoms with Crippen LogP contribution < -0.4 is 0 Å². The molecule has 204 valence electrons. The molecule has 4 rings (SSSR count). The third-order valence-corrected chi connectivity index (χ3v) is 9.58. The molecule has 0 aromatic rings. The number of carbonyl (C=O) groups excluding carboxylic acids is 3. The summed E-state index contributed by atoms with van der Waals surface area (Å²) in [6.07, 6.45) is 2.42. The van der Waals surface area contributed by atoms with Crippen molar-refractivity contribution in [3.05, 3.63) is 34.8 Å². The molecule has 6 atom stereocenters. The quantitative estimate of drug-likeness (QED) is 0.244. The Morgan fingerprint density at radius 2 is 1.59 bits per heavy atom. The second kappa shape index (κ2) is 9.02. The summed E-state index contributed by atoms with van der Waals surface area (Å²) in [4.78, 5) is 35.3. The molecule has 2 fully saturated rings. The fourth-order valence-electron chi connectivity index (χ4n) is 7.84. The van der Waals surface area contributed by atoms with Crippen molar-refractivity contribution in [2.24, 2.45) is 28.6 Å². The van der Waals surface area contributed by atoms with Crippen LogP contribution in [0.15, 0.2) is 34.8 Å². The van der Waals surface area contributed by atoms with E-state index in [1.165, 1.54) is 13.0 Å². The fourth-order valence-corrected chi connectivity index (χ4v) is 7.84. The van der Waals surface area contributed by atoms with E-state index in [4.69, 9.17) is 14.2 Å². The van der Waals surface area contributed by atoms with Gasteiger partial charge in [0.1, 0.15) is 11.4 Å². The van der Waals surface area contributed by atoms with Crippen LogP contribution in [-0.2, 0) is 28.6 Å². The van der Waals surface area contributed by atoms with Crippen molar-refractivity contribution < 1.29 is 41.8 Å². The molecule has 0 radical (unpaired) electrons. The molecule has 2 saturated carbocycles. The van der Waals surface area contributed by atoms with E-state index in [0.29, 0.717) is 0 Å². The number of allylic oxidation sites excluding steroid dienone is 5. The molecule has 0 amide bonds. The molecule has 6 nitrogen and oxygen atoms in total. The molecule has 0 N–H and O–H groups in total. The molecule has 9 heteroatoms. The van der Waals surface area contributed by atoms with Gasteiger partial charge in [-0.25, -0.2) is 0 Å². The van der Waals surface area contributed by atoms with Gasteiger partial charge < -0.3 is 14.2 Å². The number of rotatable bonds is 3. The first-order chi connectivity index (χ1) is 17.0. The fraction of sp³-hybridized carbons (Fsp3) is 0.679. The number of ether oxygens (including phenoxy) is 3. The first-order valence-corrected chi connectivity index (χ1v) is 12.8. The lowest BCUT2D eigenvalue weighted by Gasteiger charge is -2.58. The third kappa shape index (κ3) is 4.52. The number of halogens is 3. The van der Waals surface area contributed by atoms with Crippen LogP contribution in [0, 0.1) is 28.6 Å². The summed E-state index contributed by atoms with van der Waals surface area (Å²) in [5, 5.41) is 0. The average molecular weight is 525 g/mol. The molecular formula is C28H35F3O6. The Kier molecular flexibility index (Phi) is 6.69. The predicted octanol–water partition coefficient (Wildman–Crippen LogP) is 6.32. The van der Waals surface area contributed by atoms with Crippen LogP contribution in [0.4, 0.5) is 13.2 Å². The average Bonchev–Trinajstić information content (AvgIpc) is 3.00. The highest BCUT2D eigenvalue weighted by Crippen LogP contribution is 2.68. The molecule has 6 unspecified atom stereocenters. The van der Waals surface area contributed by atoms with Gasteiger partial charge in [0, 0.05) is 31.8 Å². The molecule has 0 aromatic heterocycles. The lowest BCUT2D eigenvalue weighted by molar-refractivity contribution is -0.176. The largest absolute Gasteiger partial charge is 0.459 e. The van der Waals surface area contributed by atoms with E-state index >= 15 is 0 Å². The summed E-state index contributed by atoms with van der Waals surface area (Å²) >= 11 is 0. The Labute approximate surface area is 215 Å². The minimum Gasteiger partial charge on any atom is -0.459 e. The number of esters is 3. The highest BCUT2D eigenvalue weighted by Gasteiger charge is 2.64. The molecule has 0 spiro atoms. The molecule has 0 heterocycles. The molecule has 0 aliphatic heterocycles. The van der Waals surface area contributed by atoms with Crippen LogP contribution in [0.3, 0.4) is 0 Å². The number of alkyl halides is 3. The minimum absolute atomic E-state index is 0.0576. The Hall–Kier alpha value is -2.58. The number of carbonyl (C=O) groups is 3. The van der Waals surface area contributed by atoms with Crippen LogP contribution >= 0.6 is 0 Å². The highest BCUT2D eigenvalue weighted by atomic mass is 19.4. The molecule has 4 aliphatic carbocycles. The van der Waals surface area contributed by atoms with Crippen molar-refractivity contribution in [2.75, 3.05) is 0 Å². The van der Waals surface area contributed by atoms with Gasteiger partial charge in [-0.15, -0.1) is 0 Å². The molecular weight excluding hydrogens is 489 g/mol. The lowest BCUT2D eigenvalue weighted by atomic mass is 9.47. The first kappa shape index (κ1) is 27.5. The van der Waals surface area contributed by atoms with Crippen molar-refractivity contribution >= 4 is 17.9 Å². The maximum absolute atomic E-state index is 14.1. The van der Waals surface area contributed by atoms with Crippen LogP contribution in [-0.4, -0.2) is 29.7 Å². The Balaban J connectivity index is 1.79. The van der Waals surface area contributed by atoms with E-state index in [1.807, 2.05) is 19.9 Å². The number of hydrogen-bond acceptors (Lipinski definition) is 6. The van der Waals surface area contributed by atoms with E-state index in [9.17, 15) is 27.6 Å². The van der Waals surface area contributed by atoms with Gasteiger partial charge in [-0.2, -0.15) is 13.2 Å². The summed E-state index contributed by atoms with van der Waals surface area (Å²) in [7, 11) is 0. The van der Waals surface area contributed by atoms with Gasteiger partial charge in [0.15, 0.2) is 0 Å². The van der Waals surface area contributed by atoms with E-state index in [0.717, 1.165) is 51.5 Å². The standard InChI is InChI=1S/C28H35F3O6/c1-15(32)35-23-13-18-7-8-19-21(9-11-26(5)22(19)10-12-27(26,6)37-17(3)34)25(18,4)14-20(23)24(28(29,30)31)36-16(2)33/h7,13,19,21-22H,8-12,14H2,1-6H3/b24-20+. The van der Waals surface area contributed by atoms with E-state index in [1.54, 1.807) is 0 Å². The Morgan fingerprint density at radius 1 is 0.946 bits per heavy atom. The van der Waals surface area contributed by atoms with Crippen molar-refractivity contribution in [1.82, 2.24) is 0 Å². The van der Waals surface area contributed by atoms with Gasteiger partial charge in [-0.1, -0.05) is 19.9 Å². The van der Waals surface area contributed by atoms with Crippen LogP contribution in [0.25, 0.3) is 0 Å². The zero-order valence-electron chi connectivity index (χ0n) is 22.2. The van der Waals surface area contributed by atoms with E-state index < -0.39 is 34.9 Å². The van der Waals surface area contributed by atoms with Gasteiger partial charge in [0.2, 0.25) is 5.76 Å². The van der Waals surface area contributed by atoms with Gasteiger partial charge >= 0.3 is 24.1 Å². The summed E-state index contributed by atoms with van der Waals surface area (Å²) in [6.45, 7) is 9.61. The van der Waals surface area contributed by atoms with Crippen molar-refractivity contribution in [1.29, 1.82) is 0 Å². The van der Waals surface area contributed by atoms with Crippen molar-refractivity contribution in [2.45, 2.75) is 91.8 Å². The Morgan fingerprint density at radius 3 is 2.16 bits per heavy atom. The normalized spacial score (nSPS) is 38.2. The van der Waals surface area contributed by atoms with E-state index in [2.05, 4.69) is 6.92 Å². The molecule has 37 heavy (non-hydrogen) atoms. The SMILES string of the molecule is CC(=O)OC1=CC2=CCC3C(CCC4(C)C3CCC4(C)OC(C)=O)C2(C)C/C1=C(\OC(C)=O)C(F)(F)F. The van der Waals surface area contributed by atoms with Gasteiger partial charge in [0.25, 0.3) is 0 Å². The topological polar surface area (TPSA) is 78.9 Å².